The molecule has 0 aliphatic rings. The highest BCUT2D eigenvalue weighted by atomic mass is 35.5. The van der Waals surface area contributed by atoms with Crippen LogP contribution in [-0.2, 0) is 11.4 Å². The highest BCUT2D eigenvalue weighted by Crippen LogP contribution is 2.26. The third-order valence-corrected chi connectivity index (χ3v) is 4.27. The molecule has 0 radical (unpaired) electrons. The lowest BCUT2D eigenvalue weighted by atomic mass is 10.2. The highest BCUT2D eigenvalue weighted by molar-refractivity contribution is 6.34. The van der Waals surface area contributed by atoms with Crippen LogP contribution in [0.3, 0.4) is 0 Å². The smallest absolute Gasteiger partial charge is 0.255 e. The molecule has 0 aromatic heterocycles. The molecule has 0 unspecified atom stereocenters. The molecule has 0 spiro atoms. The van der Waals surface area contributed by atoms with Crippen LogP contribution in [0.5, 0.6) is 5.75 Å². The first-order chi connectivity index (χ1) is 13.9. The Morgan fingerprint density at radius 3 is 2.45 bits per heavy atom. The molecule has 7 heteroatoms. The van der Waals surface area contributed by atoms with E-state index in [4.69, 9.17) is 16.3 Å². The fourth-order valence-corrected chi connectivity index (χ4v) is 2.79. The zero-order valence-corrected chi connectivity index (χ0v) is 16.3. The fourth-order valence-electron chi connectivity index (χ4n) is 2.56. The number of carbonyl (C=O) groups excluding carboxylic acids is 2. The van der Waals surface area contributed by atoms with Crippen LogP contribution in [0.25, 0.3) is 0 Å². The van der Waals surface area contributed by atoms with Gasteiger partial charge >= 0.3 is 0 Å². The molecule has 148 valence electrons. The normalized spacial score (nSPS) is 10.3. The number of hydrogen-bond acceptors (Lipinski definition) is 3. The number of carbonyl (C=O) groups is 2. The zero-order chi connectivity index (χ0) is 20.8. The molecule has 3 aromatic rings. The van der Waals surface area contributed by atoms with E-state index in [0.29, 0.717) is 27.7 Å². The Hall–Kier alpha value is -3.38. The van der Waals surface area contributed by atoms with Gasteiger partial charge in [0.25, 0.3) is 5.91 Å². The first-order valence-corrected chi connectivity index (χ1v) is 9.14. The average molecular weight is 413 g/mol. The number of anilines is 2. The maximum absolute atomic E-state index is 13.0. The summed E-state index contributed by atoms with van der Waals surface area (Å²) >= 11 is 6.13. The molecule has 2 amide bonds. The molecule has 0 aliphatic heterocycles. The molecule has 0 aliphatic carbocycles. The van der Waals surface area contributed by atoms with Gasteiger partial charge in [0.15, 0.2) is 0 Å². The van der Waals surface area contributed by atoms with E-state index in [1.807, 2.05) is 0 Å². The molecule has 0 heterocycles. The molecule has 0 saturated heterocycles. The lowest BCUT2D eigenvalue weighted by Gasteiger charge is -2.10. The molecule has 0 fully saturated rings. The second-order valence-corrected chi connectivity index (χ2v) is 6.68. The average Bonchev–Trinajstić information content (AvgIpc) is 2.69. The van der Waals surface area contributed by atoms with Gasteiger partial charge in [-0.25, -0.2) is 4.39 Å². The van der Waals surface area contributed by atoms with E-state index >= 15 is 0 Å². The van der Waals surface area contributed by atoms with E-state index in [1.54, 1.807) is 54.6 Å². The molecule has 5 nitrogen and oxygen atoms in total. The lowest BCUT2D eigenvalue weighted by Crippen LogP contribution is -2.12. The Morgan fingerprint density at radius 1 is 1.00 bits per heavy atom. The van der Waals surface area contributed by atoms with Crippen LogP contribution in [0.4, 0.5) is 15.8 Å². The molecule has 0 bridgehead atoms. The van der Waals surface area contributed by atoms with E-state index in [-0.39, 0.29) is 24.2 Å². The van der Waals surface area contributed by atoms with Gasteiger partial charge in [-0.2, -0.15) is 0 Å². The minimum Gasteiger partial charge on any atom is -0.489 e. The van der Waals surface area contributed by atoms with Crippen LogP contribution in [0.1, 0.15) is 22.8 Å². The summed E-state index contributed by atoms with van der Waals surface area (Å²) in [5.74, 6) is -0.361. The maximum atomic E-state index is 13.0. The van der Waals surface area contributed by atoms with Crippen molar-refractivity contribution >= 4 is 34.8 Å². The minimum atomic E-state index is -0.333. The summed E-state index contributed by atoms with van der Waals surface area (Å²) in [5.41, 5.74) is 2.18. The molecule has 3 rings (SSSR count). The molecule has 2 N–H and O–H groups in total. The Kier molecular flexibility index (Phi) is 6.46. The second kappa shape index (κ2) is 9.21. The van der Waals surface area contributed by atoms with Gasteiger partial charge in [-0.15, -0.1) is 0 Å². The maximum Gasteiger partial charge on any atom is 0.255 e. The topological polar surface area (TPSA) is 67.4 Å². The van der Waals surface area contributed by atoms with E-state index < -0.39 is 0 Å². The summed E-state index contributed by atoms with van der Waals surface area (Å²) < 4.78 is 18.6. The predicted octanol–water partition coefficient (Wildman–Crippen LogP) is 5.27. The van der Waals surface area contributed by atoms with Crippen LogP contribution >= 0.6 is 11.6 Å². The molecule has 29 heavy (non-hydrogen) atoms. The van der Waals surface area contributed by atoms with E-state index in [9.17, 15) is 14.0 Å². The molecule has 0 saturated carbocycles. The Bertz CT molecular complexity index is 1040. The summed E-state index contributed by atoms with van der Waals surface area (Å²) in [6, 6.07) is 17.5. The molecular formula is C22H18ClFN2O3. The van der Waals surface area contributed by atoms with E-state index in [1.165, 1.54) is 19.1 Å². The van der Waals surface area contributed by atoms with Gasteiger partial charge in [0.05, 0.1) is 10.7 Å². The fraction of sp³-hybridized carbons (Fsp3) is 0.0909. The summed E-state index contributed by atoms with van der Waals surface area (Å²) in [6.07, 6.45) is 0. The van der Waals surface area contributed by atoms with E-state index in [2.05, 4.69) is 10.6 Å². The van der Waals surface area contributed by atoms with Crippen LogP contribution in [-0.4, -0.2) is 11.8 Å². The Labute approximate surface area is 172 Å². The van der Waals surface area contributed by atoms with Crippen molar-refractivity contribution in [3.05, 3.63) is 88.7 Å². The van der Waals surface area contributed by atoms with Crippen molar-refractivity contribution in [2.75, 3.05) is 10.6 Å². The van der Waals surface area contributed by atoms with Crippen molar-refractivity contribution in [3.63, 3.8) is 0 Å². The van der Waals surface area contributed by atoms with Crippen molar-refractivity contribution in [1.29, 1.82) is 0 Å². The van der Waals surface area contributed by atoms with Gasteiger partial charge in [-0.3, -0.25) is 9.59 Å². The Morgan fingerprint density at radius 2 is 1.76 bits per heavy atom. The van der Waals surface area contributed by atoms with Gasteiger partial charge in [-0.1, -0.05) is 29.8 Å². The first kappa shape index (κ1) is 20.4. The van der Waals surface area contributed by atoms with Crippen molar-refractivity contribution < 1.29 is 18.7 Å². The van der Waals surface area contributed by atoms with Crippen molar-refractivity contribution in [1.82, 2.24) is 0 Å². The predicted molar refractivity (Wildman–Crippen MR) is 111 cm³/mol. The minimum absolute atomic E-state index is 0.235. The van der Waals surface area contributed by atoms with E-state index in [0.717, 1.165) is 5.56 Å². The van der Waals surface area contributed by atoms with Gasteiger partial charge in [-0.05, 0) is 54.1 Å². The number of rotatable bonds is 6. The summed E-state index contributed by atoms with van der Waals surface area (Å²) in [5, 5.41) is 5.67. The van der Waals surface area contributed by atoms with Gasteiger partial charge in [0.1, 0.15) is 18.2 Å². The quantitative estimate of drug-likeness (QED) is 0.579. The van der Waals surface area contributed by atoms with Gasteiger partial charge < -0.3 is 15.4 Å². The summed E-state index contributed by atoms with van der Waals surface area (Å²) in [6.45, 7) is 1.64. The van der Waals surface area contributed by atoms with Crippen molar-refractivity contribution in [3.8, 4) is 5.75 Å². The number of nitrogens with one attached hydrogen (secondary N) is 2. The second-order valence-electron chi connectivity index (χ2n) is 6.27. The monoisotopic (exact) mass is 412 g/mol. The molecule has 0 atom stereocenters. The number of amides is 2. The highest BCUT2D eigenvalue weighted by Gasteiger charge is 2.10. The summed E-state index contributed by atoms with van der Waals surface area (Å²) in [4.78, 5) is 23.7. The van der Waals surface area contributed by atoms with Crippen LogP contribution in [0.15, 0.2) is 66.7 Å². The van der Waals surface area contributed by atoms with Crippen molar-refractivity contribution in [2.24, 2.45) is 0 Å². The standard InChI is InChI=1S/C22H18ClFN2O3/c1-14(27)25-21-10-9-18(12-20(21)23)26-22(28)16-3-2-4-19(11-16)29-13-15-5-7-17(24)8-6-15/h2-12H,13H2,1H3,(H,25,27)(H,26,28). The third-order valence-electron chi connectivity index (χ3n) is 3.95. The van der Waals surface area contributed by atoms with Crippen LogP contribution < -0.4 is 15.4 Å². The largest absolute Gasteiger partial charge is 0.489 e. The van der Waals surface area contributed by atoms with Crippen molar-refractivity contribution in [2.45, 2.75) is 13.5 Å². The lowest BCUT2D eigenvalue weighted by molar-refractivity contribution is -0.114. The van der Waals surface area contributed by atoms with Crippen LogP contribution in [0, 0.1) is 5.82 Å². The number of halogens is 2. The van der Waals surface area contributed by atoms with Crippen LogP contribution in [0.2, 0.25) is 5.02 Å². The Balaban J connectivity index is 1.65. The third kappa shape index (κ3) is 5.80. The first-order valence-electron chi connectivity index (χ1n) is 8.76. The van der Waals surface area contributed by atoms with Gasteiger partial charge in [0, 0.05) is 18.2 Å². The number of hydrogen-bond donors (Lipinski definition) is 2. The summed E-state index contributed by atoms with van der Waals surface area (Å²) in [7, 11) is 0. The molecule has 3 aromatic carbocycles. The van der Waals surface area contributed by atoms with Gasteiger partial charge in [0.2, 0.25) is 5.91 Å². The number of ether oxygens (including phenoxy) is 1. The SMILES string of the molecule is CC(=O)Nc1ccc(NC(=O)c2cccc(OCc3ccc(F)cc3)c2)cc1Cl. The molecular weight excluding hydrogens is 395 g/mol. The zero-order valence-electron chi connectivity index (χ0n) is 15.5. The number of benzene rings is 3.